The van der Waals surface area contributed by atoms with Crippen molar-refractivity contribution in [2.45, 2.75) is 32.2 Å². The molecule has 16 heavy (non-hydrogen) atoms. The zero-order chi connectivity index (χ0) is 11.4. The van der Waals surface area contributed by atoms with Gasteiger partial charge in [0.25, 0.3) is 0 Å². The van der Waals surface area contributed by atoms with E-state index in [2.05, 4.69) is 29.1 Å². The van der Waals surface area contributed by atoms with E-state index in [4.69, 9.17) is 0 Å². The van der Waals surface area contributed by atoms with Crippen LogP contribution in [0.3, 0.4) is 0 Å². The highest BCUT2D eigenvalue weighted by Gasteiger charge is 2.26. The Kier molecular flexibility index (Phi) is 4.62. The third-order valence-electron chi connectivity index (χ3n) is 4.06. The van der Waals surface area contributed by atoms with Gasteiger partial charge in [0, 0.05) is 45.3 Å². The Hall–Kier alpha value is -0.120. The molecule has 3 heteroatoms. The van der Waals surface area contributed by atoms with Crippen molar-refractivity contribution >= 4 is 0 Å². The van der Waals surface area contributed by atoms with E-state index in [-0.39, 0.29) is 0 Å². The summed E-state index contributed by atoms with van der Waals surface area (Å²) in [7, 11) is 2.08. The topological polar surface area (TPSA) is 18.5 Å². The first-order chi connectivity index (χ1) is 7.81. The van der Waals surface area contributed by atoms with Crippen LogP contribution in [0.4, 0.5) is 0 Å². The molecule has 1 saturated heterocycles. The molecule has 1 aliphatic heterocycles. The van der Waals surface area contributed by atoms with Gasteiger partial charge in [-0.05, 0) is 32.2 Å². The molecule has 2 fully saturated rings. The molecule has 1 atom stereocenters. The molecule has 0 spiro atoms. The van der Waals surface area contributed by atoms with Crippen LogP contribution in [0.15, 0.2) is 0 Å². The van der Waals surface area contributed by atoms with E-state index in [1.807, 2.05) is 0 Å². The maximum absolute atomic E-state index is 3.40. The van der Waals surface area contributed by atoms with Gasteiger partial charge in [-0.3, -0.25) is 4.90 Å². The fraction of sp³-hybridized carbons (Fsp3) is 1.00. The number of hydrogen-bond acceptors (Lipinski definition) is 3. The van der Waals surface area contributed by atoms with Gasteiger partial charge in [-0.25, -0.2) is 0 Å². The summed E-state index contributed by atoms with van der Waals surface area (Å²) in [5, 5.41) is 3.40. The zero-order valence-corrected chi connectivity index (χ0v) is 10.9. The lowest BCUT2D eigenvalue weighted by atomic mass is 10.2. The summed E-state index contributed by atoms with van der Waals surface area (Å²) in [6.45, 7) is 9.98. The fourth-order valence-electron chi connectivity index (χ4n) is 2.56. The van der Waals surface area contributed by atoms with E-state index < -0.39 is 0 Å². The summed E-state index contributed by atoms with van der Waals surface area (Å²) < 4.78 is 0. The molecule has 0 bridgehead atoms. The van der Waals surface area contributed by atoms with Gasteiger partial charge in [0.2, 0.25) is 0 Å². The van der Waals surface area contributed by atoms with Gasteiger partial charge in [0.05, 0.1) is 0 Å². The summed E-state index contributed by atoms with van der Waals surface area (Å²) in [6, 6.07) is 0.676. The highest BCUT2D eigenvalue weighted by atomic mass is 15.3. The minimum atomic E-state index is 0.676. The highest BCUT2D eigenvalue weighted by Crippen LogP contribution is 2.29. The van der Waals surface area contributed by atoms with Gasteiger partial charge in [-0.2, -0.15) is 0 Å². The maximum atomic E-state index is 3.40. The van der Waals surface area contributed by atoms with Crippen molar-refractivity contribution in [1.82, 2.24) is 15.1 Å². The van der Waals surface area contributed by atoms with E-state index in [1.165, 1.54) is 58.5 Å². The fourth-order valence-corrected chi connectivity index (χ4v) is 2.56. The van der Waals surface area contributed by atoms with Gasteiger partial charge in [-0.15, -0.1) is 0 Å². The predicted octanol–water partition coefficient (Wildman–Crippen LogP) is 1.01. The Morgan fingerprint density at radius 1 is 1.12 bits per heavy atom. The standard InChI is InChI=1S/C13H27N3/c1-3-13(14-2)11-16-8-6-15(7-9-16)10-12-4-5-12/h12-14H,3-11H2,1-2H3. The number of hydrogen-bond donors (Lipinski definition) is 1. The molecule has 0 aromatic carbocycles. The minimum Gasteiger partial charge on any atom is -0.316 e. The van der Waals surface area contributed by atoms with Crippen LogP contribution >= 0.6 is 0 Å². The van der Waals surface area contributed by atoms with Gasteiger partial charge in [0.15, 0.2) is 0 Å². The summed E-state index contributed by atoms with van der Waals surface area (Å²) in [5.74, 6) is 1.05. The van der Waals surface area contributed by atoms with Crippen molar-refractivity contribution in [3.05, 3.63) is 0 Å². The quantitative estimate of drug-likeness (QED) is 0.728. The minimum absolute atomic E-state index is 0.676. The third-order valence-corrected chi connectivity index (χ3v) is 4.06. The molecule has 1 N–H and O–H groups in total. The molecule has 1 unspecified atom stereocenters. The molecule has 1 aliphatic carbocycles. The van der Waals surface area contributed by atoms with Crippen molar-refractivity contribution in [3.63, 3.8) is 0 Å². The molecule has 0 amide bonds. The molecule has 2 rings (SSSR count). The smallest absolute Gasteiger partial charge is 0.0189 e. The summed E-state index contributed by atoms with van der Waals surface area (Å²) in [4.78, 5) is 5.28. The van der Waals surface area contributed by atoms with Crippen LogP contribution in [0.5, 0.6) is 0 Å². The van der Waals surface area contributed by atoms with E-state index in [0.29, 0.717) is 6.04 Å². The molecule has 0 aromatic heterocycles. The van der Waals surface area contributed by atoms with Crippen LogP contribution in [0, 0.1) is 5.92 Å². The van der Waals surface area contributed by atoms with Crippen molar-refractivity contribution < 1.29 is 0 Å². The summed E-state index contributed by atoms with van der Waals surface area (Å²) >= 11 is 0. The van der Waals surface area contributed by atoms with Crippen LogP contribution in [0.1, 0.15) is 26.2 Å². The molecular formula is C13H27N3. The number of rotatable bonds is 6. The average Bonchev–Trinajstić information content (AvgIpc) is 3.12. The van der Waals surface area contributed by atoms with Crippen LogP contribution in [0.25, 0.3) is 0 Å². The van der Waals surface area contributed by atoms with Crippen LogP contribution in [-0.2, 0) is 0 Å². The Morgan fingerprint density at radius 3 is 2.25 bits per heavy atom. The molecule has 0 aromatic rings. The molecule has 2 aliphatic rings. The molecule has 0 radical (unpaired) electrons. The van der Waals surface area contributed by atoms with E-state index >= 15 is 0 Å². The Morgan fingerprint density at radius 2 is 1.75 bits per heavy atom. The molecule has 94 valence electrons. The molecule has 1 saturated carbocycles. The first-order valence-electron chi connectivity index (χ1n) is 6.93. The lowest BCUT2D eigenvalue weighted by Crippen LogP contribution is -2.50. The van der Waals surface area contributed by atoms with Gasteiger partial charge >= 0.3 is 0 Å². The van der Waals surface area contributed by atoms with Crippen molar-refractivity contribution in [1.29, 1.82) is 0 Å². The second-order valence-corrected chi connectivity index (χ2v) is 5.44. The number of piperazine rings is 1. The van der Waals surface area contributed by atoms with E-state index in [9.17, 15) is 0 Å². The second-order valence-electron chi connectivity index (χ2n) is 5.44. The Balaban J connectivity index is 1.63. The first-order valence-corrected chi connectivity index (χ1v) is 6.93. The van der Waals surface area contributed by atoms with Gasteiger partial charge in [0.1, 0.15) is 0 Å². The molecule has 3 nitrogen and oxygen atoms in total. The largest absolute Gasteiger partial charge is 0.316 e. The zero-order valence-electron chi connectivity index (χ0n) is 10.9. The van der Waals surface area contributed by atoms with Crippen molar-refractivity contribution in [2.75, 3.05) is 46.3 Å². The predicted molar refractivity (Wildman–Crippen MR) is 68.7 cm³/mol. The SMILES string of the molecule is CCC(CN1CCN(CC2CC2)CC1)NC. The van der Waals surface area contributed by atoms with Crippen molar-refractivity contribution in [3.8, 4) is 0 Å². The number of nitrogens with one attached hydrogen (secondary N) is 1. The van der Waals surface area contributed by atoms with Crippen LogP contribution < -0.4 is 5.32 Å². The number of likely N-dealkylation sites (N-methyl/N-ethyl adjacent to an activating group) is 1. The molecular weight excluding hydrogens is 198 g/mol. The lowest BCUT2D eigenvalue weighted by Gasteiger charge is -2.36. The van der Waals surface area contributed by atoms with Crippen molar-refractivity contribution in [2.24, 2.45) is 5.92 Å². The first kappa shape index (κ1) is 12.3. The Bertz CT molecular complexity index is 191. The summed E-state index contributed by atoms with van der Waals surface area (Å²) in [6.07, 6.45) is 4.20. The van der Waals surface area contributed by atoms with Gasteiger partial charge in [-0.1, -0.05) is 6.92 Å². The molecule has 1 heterocycles. The number of nitrogens with zero attached hydrogens (tertiary/aromatic N) is 2. The van der Waals surface area contributed by atoms with E-state index in [0.717, 1.165) is 5.92 Å². The van der Waals surface area contributed by atoms with Crippen LogP contribution in [0.2, 0.25) is 0 Å². The van der Waals surface area contributed by atoms with Gasteiger partial charge < -0.3 is 10.2 Å². The second kappa shape index (κ2) is 5.99. The Labute approximate surface area is 100 Å². The van der Waals surface area contributed by atoms with Crippen LogP contribution in [-0.4, -0.2) is 62.2 Å². The van der Waals surface area contributed by atoms with E-state index in [1.54, 1.807) is 0 Å². The lowest BCUT2D eigenvalue weighted by molar-refractivity contribution is 0.120. The third kappa shape index (κ3) is 3.72. The average molecular weight is 225 g/mol. The monoisotopic (exact) mass is 225 g/mol. The highest BCUT2D eigenvalue weighted by molar-refractivity contribution is 4.81. The maximum Gasteiger partial charge on any atom is 0.0189 e. The summed E-state index contributed by atoms with van der Waals surface area (Å²) in [5.41, 5.74) is 0. The normalized spacial score (nSPS) is 25.9.